The molecule has 2 aliphatic heterocycles. The van der Waals surface area contributed by atoms with Crippen LogP contribution in [-0.4, -0.2) is 67.1 Å². The van der Waals surface area contributed by atoms with Gasteiger partial charge in [-0.15, -0.1) is 11.8 Å². The molecule has 0 spiro atoms. The maximum Gasteiger partial charge on any atom is 0.327 e. The minimum absolute atomic E-state index is 0.0634. The summed E-state index contributed by atoms with van der Waals surface area (Å²) < 4.78 is -0.639. The normalized spacial score (nSPS) is 28.7. The number of amides is 2. The number of nitrogens with two attached hydrogens (primary N) is 1. The highest BCUT2D eigenvalue weighted by molar-refractivity contribution is 8.01. The third-order valence-electron chi connectivity index (χ3n) is 4.23. The summed E-state index contributed by atoms with van der Waals surface area (Å²) in [7, 11) is 0. The average molecular weight is 359 g/mol. The molecule has 0 aromatic rings. The maximum atomic E-state index is 12.2. The van der Waals surface area contributed by atoms with E-state index in [4.69, 9.17) is 10.8 Å². The summed E-state index contributed by atoms with van der Waals surface area (Å²) in [6, 6.07) is -2.66. The summed E-state index contributed by atoms with van der Waals surface area (Å²) in [5, 5.41) is 20.2. The zero-order chi connectivity index (χ0) is 18.2. The fourth-order valence-electron chi connectivity index (χ4n) is 3.00. The van der Waals surface area contributed by atoms with Gasteiger partial charge in [0.05, 0.1) is 0 Å². The molecule has 10 heteroatoms. The molecule has 9 nitrogen and oxygen atoms in total. The van der Waals surface area contributed by atoms with Crippen LogP contribution in [0, 0.1) is 0 Å². The predicted octanol–water partition coefficient (Wildman–Crippen LogP) is -0.800. The number of hydrogen-bond donors (Lipinski definition) is 4. The van der Waals surface area contributed by atoms with Gasteiger partial charge in [-0.25, -0.2) is 4.79 Å². The van der Waals surface area contributed by atoms with Gasteiger partial charge in [0.25, 0.3) is 0 Å². The largest absolute Gasteiger partial charge is 0.480 e. The lowest BCUT2D eigenvalue weighted by molar-refractivity contribution is -0.161. The molecule has 4 atom stereocenters. The summed E-state index contributed by atoms with van der Waals surface area (Å²) in [6.45, 7) is 3.52. The number of rotatable bonds is 7. The van der Waals surface area contributed by atoms with Crippen molar-refractivity contribution in [3.63, 3.8) is 0 Å². The Morgan fingerprint density at radius 1 is 1.38 bits per heavy atom. The van der Waals surface area contributed by atoms with E-state index in [2.05, 4.69) is 5.32 Å². The Morgan fingerprint density at radius 2 is 2.00 bits per heavy atom. The molecule has 0 aromatic carbocycles. The van der Waals surface area contributed by atoms with Crippen LogP contribution in [0.1, 0.15) is 33.1 Å². The van der Waals surface area contributed by atoms with Crippen LogP contribution in [0.25, 0.3) is 0 Å². The average Bonchev–Trinajstić information content (AvgIpc) is 2.73. The fraction of sp³-hybridized carbons (Fsp3) is 0.714. The maximum absolute atomic E-state index is 12.2. The van der Waals surface area contributed by atoms with E-state index in [9.17, 15) is 24.3 Å². The van der Waals surface area contributed by atoms with Crippen molar-refractivity contribution in [1.29, 1.82) is 0 Å². The highest BCUT2D eigenvalue weighted by Gasteiger charge is 2.64. The molecule has 0 saturated carbocycles. The van der Waals surface area contributed by atoms with E-state index in [0.29, 0.717) is 6.42 Å². The molecule has 134 valence electrons. The molecule has 0 aromatic heterocycles. The van der Waals surface area contributed by atoms with Gasteiger partial charge in [0, 0.05) is 11.2 Å². The van der Waals surface area contributed by atoms with Gasteiger partial charge in [-0.3, -0.25) is 14.4 Å². The van der Waals surface area contributed by atoms with E-state index < -0.39 is 40.7 Å². The van der Waals surface area contributed by atoms with Gasteiger partial charge in [0.2, 0.25) is 11.8 Å². The van der Waals surface area contributed by atoms with Crippen molar-refractivity contribution in [2.75, 3.05) is 0 Å². The molecule has 2 amide bonds. The van der Waals surface area contributed by atoms with E-state index in [1.807, 2.05) is 0 Å². The number of carbonyl (C=O) groups excluding carboxylic acids is 2. The predicted molar refractivity (Wildman–Crippen MR) is 85.1 cm³/mol. The number of carboxylic acids is 2. The van der Waals surface area contributed by atoms with Gasteiger partial charge >= 0.3 is 11.9 Å². The Hall–Kier alpha value is -1.81. The molecule has 2 saturated heterocycles. The summed E-state index contributed by atoms with van der Waals surface area (Å²) >= 11 is 1.35. The molecular weight excluding hydrogens is 338 g/mol. The van der Waals surface area contributed by atoms with E-state index in [0.717, 1.165) is 0 Å². The number of carboxylic acid groups (broad SMARTS) is 2. The van der Waals surface area contributed by atoms with Crippen LogP contribution < -0.4 is 11.1 Å². The van der Waals surface area contributed by atoms with E-state index in [-0.39, 0.29) is 24.1 Å². The van der Waals surface area contributed by atoms with Gasteiger partial charge in [-0.05, 0) is 26.7 Å². The third kappa shape index (κ3) is 3.34. The van der Waals surface area contributed by atoms with Crippen molar-refractivity contribution in [2.24, 2.45) is 5.73 Å². The van der Waals surface area contributed by atoms with E-state index >= 15 is 0 Å². The first kappa shape index (κ1) is 18.5. The molecule has 0 radical (unpaired) electrons. The second-order valence-electron chi connectivity index (χ2n) is 6.48. The van der Waals surface area contributed by atoms with Crippen molar-refractivity contribution in [1.82, 2.24) is 10.2 Å². The first-order valence-electron chi connectivity index (χ1n) is 7.57. The highest BCUT2D eigenvalue weighted by atomic mass is 32.2. The number of fused-ring (bicyclic) bond motifs is 1. The van der Waals surface area contributed by atoms with Crippen LogP contribution in [0.5, 0.6) is 0 Å². The van der Waals surface area contributed by atoms with Crippen molar-refractivity contribution < 1.29 is 29.4 Å². The lowest BCUT2D eigenvalue weighted by atomic mass is 9.96. The second-order valence-corrected chi connectivity index (χ2v) is 8.25. The molecule has 24 heavy (non-hydrogen) atoms. The highest BCUT2D eigenvalue weighted by Crippen LogP contribution is 2.50. The summed E-state index contributed by atoms with van der Waals surface area (Å²) in [4.78, 5) is 47.4. The molecule has 2 rings (SSSR count). The van der Waals surface area contributed by atoms with Gasteiger partial charge in [0.15, 0.2) is 0 Å². The van der Waals surface area contributed by atoms with Crippen LogP contribution in [0.15, 0.2) is 0 Å². The first-order chi connectivity index (χ1) is 11.1. The fourth-order valence-corrected chi connectivity index (χ4v) is 4.62. The molecule has 0 bridgehead atoms. The summed E-state index contributed by atoms with van der Waals surface area (Å²) in [5.74, 6) is -2.95. The molecular formula is C14H21N3O6S. The van der Waals surface area contributed by atoms with E-state index in [1.165, 1.54) is 16.7 Å². The van der Waals surface area contributed by atoms with E-state index in [1.54, 1.807) is 13.8 Å². The molecule has 0 aliphatic carbocycles. The zero-order valence-corrected chi connectivity index (χ0v) is 14.2. The number of carbonyl (C=O) groups is 4. The van der Waals surface area contributed by atoms with Gasteiger partial charge < -0.3 is 26.2 Å². The van der Waals surface area contributed by atoms with Gasteiger partial charge in [-0.1, -0.05) is 0 Å². The number of thioether (sulfide) groups is 1. The number of hydrogen-bond acceptors (Lipinski definition) is 6. The zero-order valence-electron chi connectivity index (χ0n) is 13.4. The van der Waals surface area contributed by atoms with Crippen molar-refractivity contribution in [3.8, 4) is 0 Å². The van der Waals surface area contributed by atoms with Gasteiger partial charge in [-0.2, -0.15) is 0 Å². The number of β-lactam (4-membered cyclic amide) rings is 1. The molecule has 2 heterocycles. The minimum atomic E-state index is -1.12. The van der Waals surface area contributed by atoms with Crippen molar-refractivity contribution >= 4 is 35.5 Å². The van der Waals surface area contributed by atoms with Crippen LogP contribution in [0.2, 0.25) is 0 Å². The SMILES string of the molecule is CC1(C)S[C@H]2[C@H](NC(=O)CCC[C@H](N)C(=O)O)C(=O)N2[C@H]1C(=O)O. The smallest absolute Gasteiger partial charge is 0.327 e. The number of nitrogens with zero attached hydrogens (tertiary/aromatic N) is 1. The molecule has 2 aliphatic rings. The Bertz CT molecular complexity index is 581. The van der Waals surface area contributed by atoms with Crippen molar-refractivity contribution in [3.05, 3.63) is 0 Å². The lowest BCUT2D eigenvalue weighted by Gasteiger charge is -2.43. The standard InChI is InChI=1S/C14H21N3O6S/c1-14(2)9(13(22)23)17-10(19)8(11(17)24-14)16-7(18)5-3-4-6(15)12(20)21/h6,8-9,11H,3-5,15H2,1-2H3,(H,16,18)(H,20,21)(H,22,23)/t6-,8+,9-,11-/m0/s1. The Labute approximate surface area is 142 Å². The summed E-state index contributed by atoms with van der Waals surface area (Å²) in [6.07, 6.45) is 0.526. The second kappa shape index (κ2) is 6.60. The monoisotopic (exact) mass is 359 g/mol. The first-order valence-corrected chi connectivity index (χ1v) is 8.45. The number of aliphatic carboxylic acids is 2. The molecule has 0 unspecified atom stereocenters. The molecule has 2 fully saturated rings. The minimum Gasteiger partial charge on any atom is -0.480 e. The topological polar surface area (TPSA) is 150 Å². The Kier molecular flexibility index (Phi) is 5.09. The van der Waals surface area contributed by atoms with Crippen LogP contribution >= 0.6 is 11.8 Å². The third-order valence-corrected chi connectivity index (χ3v) is 5.80. The van der Waals surface area contributed by atoms with Crippen LogP contribution in [-0.2, 0) is 19.2 Å². The summed E-state index contributed by atoms with van der Waals surface area (Å²) in [5.41, 5.74) is 5.36. The van der Waals surface area contributed by atoms with Crippen LogP contribution in [0.3, 0.4) is 0 Å². The van der Waals surface area contributed by atoms with Crippen LogP contribution in [0.4, 0.5) is 0 Å². The quantitative estimate of drug-likeness (QED) is 0.431. The lowest BCUT2D eigenvalue weighted by Crippen LogP contribution is -2.70. The number of nitrogens with one attached hydrogen (secondary N) is 1. The Balaban J connectivity index is 1.87. The Morgan fingerprint density at radius 3 is 2.54 bits per heavy atom. The molecule has 5 N–H and O–H groups in total. The van der Waals surface area contributed by atoms with Gasteiger partial charge in [0.1, 0.15) is 23.5 Å². The van der Waals surface area contributed by atoms with Crippen molar-refractivity contribution in [2.45, 2.75) is 61.4 Å².